The van der Waals surface area contributed by atoms with Crippen molar-refractivity contribution < 1.29 is 17.9 Å². The predicted octanol–water partition coefficient (Wildman–Crippen LogP) is 3.99. The lowest BCUT2D eigenvalue weighted by molar-refractivity contribution is -0.136. The minimum Gasteiger partial charge on any atom is -0.497 e. The van der Waals surface area contributed by atoms with Gasteiger partial charge in [-0.1, -0.05) is 0 Å². The molecule has 0 spiro atoms. The lowest BCUT2D eigenvalue weighted by Crippen LogP contribution is -2.05. The highest BCUT2D eigenvalue weighted by molar-refractivity contribution is 7.73. The van der Waals surface area contributed by atoms with Crippen LogP contribution >= 0.6 is 23.6 Å². The molecule has 0 saturated heterocycles. The van der Waals surface area contributed by atoms with Gasteiger partial charge < -0.3 is 9.72 Å². The van der Waals surface area contributed by atoms with Gasteiger partial charge in [0.05, 0.1) is 22.9 Å². The first-order valence-electron chi connectivity index (χ1n) is 4.20. The van der Waals surface area contributed by atoms with Gasteiger partial charge >= 0.3 is 6.18 Å². The average molecular weight is 265 g/mol. The molecule has 1 N–H and O–H groups in total. The molecule has 2 aromatic rings. The molecule has 1 aromatic carbocycles. The molecule has 7 heteroatoms. The van der Waals surface area contributed by atoms with Crippen LogP contribution in [0.3, 0.4) is 0 Å². The number of hydrogen-bond acceptors (Lipinski definition) is 3. The highest BCUT2D eigenvalue weighted by Crippen LogP contribution is 2.39. The zero-order valence-corrected chi connectivity index (χ0v) is 9.65. The molecule has 1 heterocycles. The van der Waals surface area contributed by atoms with Gasteiger partial charge in [-0.2, -0.15) is 13.2 Å². The molecule has 86 valence electrons. The Morgan fingerprint density at radius 3 is 2.62 bits per heavy atom. The first-order valence-corrected chi connectivity index (χ1v) is 5.42. The number of thiazole rings is 1. The number of halogens is 3. The number of ether oxygens (including phenoxy) is 1. The van der Waals surface area contributed by atoms with E-state index in [9.17, 15) is 13.2 Å². The second kappa shape index (κ2) is 3.74. The summed E-state index contributed by atoms with van der Waals surface area (Å²) in [5, 5.41) is 0. The quantitative estimate of drug-likeness (QED) is 0.789. The molecule has 0 fully saturated rings. The molecule has 0 aliphatic heterocycles. The van der Waals surface area contributed by atoms with E-state index in [1.165, 1.54) is 13.2 Å². The number of fused-ring (bicyclic) bond motifs is 1. The Bertz CT molecular complexity index is 584. The van der Waals surface area contributed by atoms with Crippen LogP contribution in [0.2, 0.25) is 0 Å². The fourth-order valence-corrected chi connectivity index (χ4v) is 2.57. The summed E-state index contributed by atoms with van der Waals surface area (Å²) in [7, 11) is 1.32. The topological polar surface area (TPSA) is 25.0 Å². The molecule has 0 bridgehead atoms. The van der Waals surface area contributed by atoms with Crippen LogP contribution in [0.25, 0.3) is 10.2 Å². The van der Waals surface area contributed by atoms with Crippen LogP contribution in [0.1, 0.15) is 5.56 Å². The standard InChI is InChI=1S/C9H6F3NOS2/c1-14-4-2-5(9(10,11)12)7-6(3-4)13-8(15)16-7/h2-3H,1H3,(H,13,15). The summed E-state index contributed by atoms with van der Waals surface area (Å²) in [4.78, 5) is 2.70. The normalized spacial score (nSPS) is 12.0. The van der Waals surface area contributed by atoms with Gasteiger partial charge in [0.25, 0.3) is 0 Å². The number of methoxy groups -OCH3 is 1. The fourth-order valence-electron chi connectivity index (χ4n) is 1.36. The Kier molecular flexibility index (Phi) is 2.67. The maximum atomic E-state index is 12.7. The summed E-state index contributed by atoms with van der Waals surface area (Å²) in [6.45, 7) is 0. The zero-order valence-electron chi connectivity index (χ0n) is 8.01. The lowest BCUT2D eigenvalue weighted by Gasteiger charge is -2.09. The Morgan fingerprint density at radius 2 is 2.06 bits per heavy atom. The van der Waals surface area contributed by atoms with E-state index in [4.69, 9.17) is 17.0 Å². The molecule has 0 aliphatic rings. The van der Waals surface area contributed by atoms with Crippen LogP contribution in [0.5, 0.6) is 5.75 Å². The van der Waals surface area contributed by atoms with E-state index in [0.717, 1.165) is 17.4 Å². The van der Waals surface area contributed by atoms with Crippen molar-refractivity contribution in [3.05, 3.63) is 21.7 Å². The van der Waals surface area contributed by atoms with E-state index >= 15 is 0 Å². The summed E-state index contributed by atoms with van der Waals surface area (Å²) < 4.78 is 43.5. The maximum Gasteiger partial charge on any atom is 0.417 e. The third kappa shape index (κ3) is 1.92. The third-order valence-electron chi connectivity index (χ3n) is 2.04. The first kappa shape index (κ1) is 11.4. The molecule has 0 amide bonds. The van der Waals surface area contributed by atoms with Crippen LogP contribution in [0, 0.1) is 3.95 Å². The van der Waals surface area contributed by atoms with E-state index in [0.29, 0.717) is 9.47 Å². The van der Waals surface area contributed by atoms with Gasteiger partial charge in [0.2, 0.25) is 0 Å². The van der Waals surface area contributed by atoms with Crippen molar-refractivity contribution in [2.75, 3.05) is 7.11 Å². The van der Waals surface area contributed by atoms with Crippen molar-refractivity contribution in [1.29, 1.82) is 0 Å². The van der Waals surface area contributed by atoms with Crippen molar-refractivity contribution in [2.45, 2.75) is 6.18 Å². The molecule has 0 aliphatic carbocycles. The molecule has 1 aromatic heterocycles. The lowest BCUT2D eigenvalue weighted by atomic mass is 10.2. The molecule has 2 rings (SSSR count). The van der Waals surface area contributed by atoms with E-state index < -0.39 is 11.7 Å². The van der Waals surface area contributed by atoms with Crippen LogP contribution in [-0.2, 0) is 6.18 Å². The van der Waals surface area contributed by atoms with E-state index in [1.807, 2.05) is 0 Å². The Balaban J connectivity index is 2.83. The smallest absolute Gasteiger partial charge is 0.417 e. The number of nitrogens with one attached hydrogen (secondary N) is 1. The third-order valence-corrected chi connectivity index (χ3v) is 3.32. The summed E-state index contributed by atoms with van der Waals surface area (Å²) >= 11 is 5.74. The summed E-state index contributed by atoms with van der Waals surface area (Å²) in [6, 6.07) is 2.47. The second-order valence-electron chi connectivity index (χ2n) is 3.06. The van der Waals surface area contributed by atoms with Crippen LogP contribution in [-0.4, -0.2) is 12.1 Å². The van der Waals surface area contributed by atoms with E-state index in [-0.39, 0.29) is 10.4 Å². The summed E-state index contributed by atoms with van der Waals surface area (Å²) in [6.07, 6.45) is -4.41. The van der Waals surface area contributed by atoms with Crippen molar-refractivity contribution in [3.8, 4) is 5.75 Å². The largest absolute Gasteiger partial charge is 0.497 e. The Labute approximate surface area is 97.7 Å². The van der Waals surface area contributed by atoms with Crippen molar-refractivity contribution in [2.24, 2.45) is 0 Å². The molecule has 0 radical (unpaired) electrons. The minimum atomic E-state index is -4.41. The van der Waals surface area contributed by atoms with Crippen LogP contribution in [0.4, 0.5) is 13.2 Å². The summed E-state index contributed by atoms with van der Waals surface area (Å²) in [5.74, 6) is 0.156. The van der Waals surface area contributed by atoms with E-state index in [2.05, 4.69) is 4.98 Å². The number of aromatic amines is 1. The fraction of sp³-hybridized carbons (Fsp3) is 0.222. The maximum absolute atomic E-state index is 12.7. The van der Waals surface area contributed by atoms with Gasteiger partial charge in [-0.25, -0.2) is 0 Å². The molecule has 2 nitrogen and oxygen atoms in total. The van der Waals surface area contributed by atoms with Gasteiger partial charge in [-0.3, -0.25) is 0 Å². The van der Waals surface area contributed by atoms with Gasteiger partial charge in [0, 0.05) is 6.07 Å². The number of benzene rings is 1. The second-order valence-corrected chi connectivity index (χ2v) is 4.75. The Morgan fingerprint density at radius 1 is 1.38 bits per heavy atom. The number of hydrogen-bond donors (Lipinski definition) is 1. The molecular weight excluding hydrogens is 259 g/mol. The van der Waals surface area contributed by atoms with E-state index in [1.54, 1.807) is 0 Å². The van der Waals surface area contributed by atoms with Crippen molar-refractivity contribution in [1.82, 2.24) is 4.98 Å². The number of alkyl halides is 3. The van der Waals surface area contributed by atoms with Crippen molar-refractivity contribution >= 4 is 33.8 Å². The van der Waals surface area contributed by atoms with Gasteiger partial charge in [0.1, 0.15) is 5.75 Å². The molecule has 0 unspecified atom stereocenters. The number of rotatable bonds is 1. The van der Waals surface area contributed by atoms with Gasteiger partial charge in [-0.15, -0.1) is 11.3 Å². The van der Waals surface area contributed by atoms with Crippen molar-refractivity contribution in [3.63, 3.8) is 0 Å². The average Bonchev–Trinajstić information content (AvgIpc) is 2.54. The van der Waals surface area contributed by atoms with Crippen LogP contribution < -0.4 is 4.74 Å². The SMILES string of the molecule is COc1cc(C(F)(F)F)c2sc(=S)[nH]c2c1. The first-order chi connectivity index (χ1) is 7.41. The van der Waals surface area contributed by atoms with Crippen LogP contribution in [0.15, 0.2) is 12.1 Å². The molecule has 0 atom stereocenters. The Hall–Kier alpha value is -1.08. The highest BCUT2D eigenvalue weighted by Gasteiger charge is 2.34. The number of aromatic nitrogens is 1. The van der Waals surface area contributed by atoms with Gasteiger partial charge in [-0.05, 0) is 18.3 Å². The molecule has 0 saturated carbocycles. The predicted molar refractivity (Wildman–Crippen MR) is 58.6 cm³/mol. The van der Waals surface area contributed by atoms with Gasteiger partial charge in [0.15, 0.2) is 3.95 Å². The summed E-state index contributed by atoms with van der Waals surface area (Å²) in [5.41, 5.74) is -0.374. The minimum absolute atomic E-state index is 0.110. The molecular formula is C9H6F3NOS2. The monoisotopic (exact) mass is 265 g/mol. The molecule has 16 heavy (non-hydrogen) atoms. The highest BCUT2D eigenvalue weighted by atomic mass is 32.1. The zero-order chi connectivity index (χ0) is 11.9. The number of H-pyrrole nitrogens is 1.